The van der Waals surface area contributed by atoms with Crippen molar-refractivity contribution in [2.45, 2.75) is 0 Å². The Bertz CT molecular complexity index is 1730. The standard InChI is InChI=1S/C38H26/c1-5-13-27(14-6-1)31-21-23-33-34-24-22-32(28-15-7-2-8-16-28)26-36(34)38(30-19-11-4-12-20-30)37(35(33)25-31)29-17-9-3-10-18-29/h1-26H. The molecule has 0 aromatic heterocycles. The molecule has 0 aliphatic heterocycles. The first kappa shape index (κ1) is 22.3. The van der Waals surface area contributed by atoms with Crippen molar-refractivity contribution in [1.29, 1.82) is 0 Å². The Kier molecular flexibility index (Phi) is 5.57. The van der Waals surface area contributed by atoms with Gasteiger partial charge >= 0.3 is 0 Å². The van der Waals surface area contributed by atoms with E-state index in [1.807, 2.05) is 0 Å². The molecule has 7 aromatic rings. The van der Waals surface area contributed by atoms with E-state index in [2.05, 4.69) is 158 Å². The number of fused-ring (bicyclic) bond motifs is 3. The maximum Gasteiger partial charge on any atom is -0.00201 e. The fourth-order valence-electron chi connectivity index (χ4n) is 5.67. The van der Waals surface area contributed by atoms with Crippen LogP contribution in [0.5, 0.6) is 0 Å². The van der Waals surface area contributed by atoms with Crippen molar-refractivity contribution in [1.82, 2.24) is 0 Å². The van der Waals surface area contributed by atoms with Gasteiger partial charge in [-0.3, -0.25) is 0 Å². The summed E-state index contributed by atoms with van der Waals surface area (Å²) in [6.45, 7) is 0. The Morgan fingerprint density at radius 1 is 0.211 bits per heavy atom. The van der Waals surface area contributed by atoms with Crippen LogP contribution < -0.4 is 0 Å². The smallest absolute Gasteiger partial charge is 0.00201 e. The van der Waals surface area contributed by atoms with Gasteiger partial charge in [0.2, 0.25) is 0 Å². The van der Waals surface area contributed by atoms with E-state index in [0.717, 1.165) is 0 Å². The summed E-state index contributed by atoms with van der Waals surface area (Å²) >= 11 is 0. The highest BCUT2D eigenvalue weighted by Crippen LogP contribution is 2.46. The Morgan fingerprint density at radius 2 is 0.526 bits per heavy atom. The van der Waals surface area contributed by atoms with E-state index < -0.39 is 0 Å². The van der Waals surface area contributed by atoms with Crippen LogP contribution >= 0.6 is 0 Å². The third kappa shape index (κ3) is 3.88. The Hall–Kier alpha value is -4.94. The summed E-state index contributed by atoms with van der Waals surface area (Å²) in [5, 5.41) is 5.10. The highest BCUT2D eigenvalue weighted by molar-refractivity contribution is 6.22. The molecule has 0 heterocycles. The SMILES string of the molecule is c1ccc(-c2ccc3c(c2)c(-c2ccccc2)c(-c2ccccc2)c2cc(-c4ccccc4)ccc23)cc1. The quantitative estimate of drug-likeness (QED) is 0.219. The predicted molar refractivity (Wildman–Crippen MR) is 163 cm³/mol. The summed E-state index contributed by atoms with van der Waals surface area (Å²) in [4.78, 5) is 0. The molecule has 0 heteroatoms. The van der Waals surface area contributed by atoms with Crippen LogP contribution in [0.2, 0.25) is 0 Å². The van der Waals surface area contributed by atoms with Gasteiger partial charge in [0, 0.05) is 0 Å². The van der Waals surface area contributed by atoms with E-state index in [0.29, 0.717) is 0 Å². The minimum absolute atomic E-state index is 1.23. The second-order valence-electron chi connectivity index (χ2n) is 9.73. The lowest BCUT2D eigenvalue weighted by Gasteiger charge is -2.20. The molecule has 0 saturated carbocycles. The second-order valence-corrected chi connectivity index (χ2v) is 9.73. The molecule has 0 unspecified atom stereocenters. The van der Waals surface area contributed by atoms with Gasteiger partial charge in [0.05, 0.1) is 0 Å². The van der Waals surface area contributed by atoms with Gasteiger partial charge in [0.15, 0.2) is 0 Å². The Labute approximate surface area is 223 Å². The van der Waals surface area contributed by atoms with E-state index in [4.69, 9.17) is 0 Å². The largest absolute Gasteiger partial charge is 0.0622 e. The van der Waals surface area contributed by atoms with E-state index >= 15 is 0 Å². The molecule has 0 radical (unpaired) electrons. The van der Waals surface area contributed by atoms with Crippen LogP contribution in [-0.4, -0.2) is 0 Å². The Balaban J connectivity index is 1.65. The average molecular weight is 483 g/mol. The van der Waals surface area contributed by atoms with Crippen LogP contribution in [-0.2, 0) is 0 Å². The number of benzene rings is 7. The van der Waals surface area contributed by atoms with Crippen LogP contribution in [0.4, 0.5) is 0 Å². The monoisotopic (exact) mass is 482 g/mol. The molecule has 178 valence electrons. The summed E-state index contributed by atoms with van der Waals surface area (Å²) in [5.74, 6) is 0. The molecule has 0 aliphatic rings. The first-order chi connectivity index (χ1) is 18.9. The molecule has 0 aliphatic carbocycles. The van der Waals surface area contributed by atoms with E-state index in [1.54, 1.807) is 0 Å². The fraction of sp³-hybridized carbons (Fsp3) is 0. The molecular formula is C38H26. The third-order valence-corrected chi connectivity index (χ3v) is 7.46. The first-order valence-corrected chi connectivity index (χ1v) is 13.1. The lowest BCUT2D eigenvalue weighted by molar-refractivity contribution is 1.61. The van der Waals surface area contributed by atoms with Gasteiger partial charge < -0.3 is 0 Å². The van der Waals surface area contributed by atoms with Crippen molar-refractivity contribution in [3.63, 3.8) is 0 Å². The summed E-state index contributed by atoms with van der Waals surface area (Å²) < 4.78 is 0. The van der Waals surface area contributed by atoms with Crippen molar-refractivity contribution in [3.05, 3.63) is 158 Å². The highest BCUT2D eigenvalue weighted by Gasteiger charge is 2.18. The molecule has 0 atom stereocenters. The molecular weight excluding hydrogens is 456 g/mol. The van der Waals surface area contributed by atoms with Gasteiger partial charge in [0.1, 0.15) is 0 Å². The van der Waals surface area contributed by atoms with Crippen molar-refractivity contribution in [2.24, 2.45) is 0 Å². The van der Waals surface area contributed by atoms with Gasteiger partial charge in [-0.1, -0.05) is 146 Å². The molecule has 0 amide bonds. The lowest BCUT2D eigenvalue weighted by atomic mass is 9.83. The predicted octanol–water partition coefficient (Wildman–Crippen LogP) is 10.7. The highest BCUT2D eigenvalue weighted by atomic mass is 14.2. The maximum absolute atomic E-state index is 2.38. The molecule has 7 rings (SSSR count). The third-order valence-electron chi connectivity index (χ3n) is 7.46. The zero-order valence-corrected chi connectivity index (χ0v) is 21.0. The maximum atomic E-state index is 2.38. The van der Waals surface area contributed by atoms with Crippen LogP contribution in [0.25, 0.3) is 66.1 Å². The lowest BCUT2D eigenvalue weighted by Crippen LogP contribution is -1.93. The van der Waals surface area contributed by atoms with E-state index in [-0.39, 0.29) is 0 Å². The molecule has 38 heavy (non-hydrogen) atoms. The van der Waals surface area contributed by atoms with Gasteiger partial charge in [-0.15, -0.1) is 0 Å². The molecule has 7 aromatic carbocycles. The minimum atomic E-state index is 1.23. The summed E-state index contributed by atoms with van der Waals surface area (Å²) in [5.41, 5.74) is 9.94. The van der Waals surface area contributed by atoms with Gasteiger partial charge in [-0.25, -0.2) is 0 Å². The van der Waals surface area contributed by atoms with E-state index in [1.165, 1.54) is 66.1 Å². The number of hydrogen-bond donors (Lipinski definition) is 0. The van der Waals surface area contributed by atoms with Gasteiger partial charge in [-0.05, 0) is 78.2 Å². The zero-order chi connectivity index (χ0) is 25.3. The minimum Gasteiger partial charge on any atom is -0.0622 e. The Morgan fingerprint density at radius 3 is 0.868 bits per heavy atom. The molecule has 0 spiro atoms. The number of rotatable bonds is 4. The summed E-state index contributed by atoms with van der Waals surface area (Å²) in [7, 11) is 0. The first-order valence-electron chi connectivity index (χ1n) is 13.1. The number of hydrogen-bond acceptors (Lipinski definition) is 0. The fourth-order valence-corrected chi connectivity index (χ4v) is 5.67. The summed E-state index contributed by atoms with van der Waals surface area (Å²) in [6, 6.07) is 57.0. The zero-order valence-electron chi connectivity index (χ0n) is 21.0. The molecule has 0 nitrogen and oxygen atoms in total. The second kappa shape index (κ2) is 9.50. The topological polar surface area (TPSA) is 0 Å². The average Bonchev–Trinajstić information content (AvgIpc) is 3.01. The normalized spacial score (nSPS) is 11.2. The molecule has 0 fully saturated rings. The van der Waals surface area contributed by atoms with Gasteiger partial charge in [0.25, 0.3) is 0 Å². The van der Waals surface area contributed by atoms with Crippen LogP contribution in [0, 0.1) is 0 Å². The van der Waals surface area contributed by atoms with Crippen molar-refractivity contribution in [3.8, 4) is 44.5 Å². The van der Waals surface area contributed by atoms with Crippen LogP contribution in [0.3, 0.4) is 0 Å². The summed E-state index contributed by atoms with van der Waals surface area (Å²) in [6.07, 6.45) is 0. The molecule has 0 N–H and O–H groups in total. The van der Waals surface area contributed by atoms with E-state index in [9.17, 15) is 0 Å². The van der Waals surface area contributed by atoms with Crippen molar-refractivity contribution in [2.75, 3.05) is 0 Å². The van der Waals surface area contributed by atoms with Crippen molar-refractivity contribution < 1.29 is 0 Å². The van der Waals surface area contributed by atoms with Gasteiger partial charge in [-0.2, -0.15) is 0 Å². The molecule has 0 saturated heterocycles. The molecule has 0 bridgehead atoms. The van der Waals surface area contributed by atoms with Crippen molar-refractivity contribution >= 4 is 21.5 Å². The van der Waals surface area contributed by atoms with Crippen LogP contribution in [0.1, 0.15) is 0 Å². The van der Waals surface area contributed by atoms with Crippen LogP contribution in [0.15, 0.2) is 158 Å².